The molecule has 31 heavy (non-hydrogen) atoms. The maximum atomic E-state index is 12.8. The van der Waals surface area contributed by atoms with Gasteiger partial charge in [0.2, 0.25) is 5.91 Å². The molecule has 0 fully saturated rings. The molecule has 2 aromatic carbocycles. The van der Waals surface area contributed by atoms with E-state index >= 15 is 0 Å². The van der Waals surface area contributed by atoms with Gasteiger partial charge in [-0.25, -0.2) is 9.67 Å². The summed E-state index contributed by atoms with van der Waals surface area (Å²) >= 11 is 0. The van der Waals surface area contributed by atoms with Crippen molar-refractivity contribution < 1.29 is 9.59 Å². The average Bonchev–Trinajstić information content (AvgIpc) is 3.15. The quantitative estimate of drug-likeness (QED) is 0.482. The number of rotatable bonds is 6. The Hall–Kier alpha value is -4.14. The summed E-state index contributed by atoms with van der Waals surface area (Å²) < 4.78 is 2.73. The van der Waals surface area contributed by atoms with E-state index in [2.05, 4.69) is 20.6 Å². The topological polar surface area (TPSA) is 112 Å². The van der Waals surface area contributed by atoms with Gasteiger partial charge in [-0.2, -0.15) is 0 Å². The molecule has 9 heteroatoms. The fraction of sp³-hybridized carbons (Fsp3) is 0.182. The zero-order valence-corrected chi connectivity index (χ0v) is 17.1. The molecule has 1 amide bonds. The number of amides is 1. The molecule has 0 aliphatic carbocycles. The number of Topliss-reactive ketones (excluding diaryl/α,β-unsaturated/α-hetero) is 1. The zero-order chi connectivity index (χ0) is 22.0. The molecule has 156 valence electrons. The molecule has 0 aliphatic heterocycles. The van der Waals surface area contributed by atoms with Crippen LogP contribution in [-0.4, -0.2) is 36.2 Å². The average molecular weight is 416 g/mol. The van der Waals surface area contributed by atoms with Crippen LogP contribution in [0.5, 0.6) is 0 Å². The molecule has 0 atom stereocenters. The SMILES string of the molecule is CC(=O)c1cccc(NC(=O)Cn2cnc3c(nnn3Cc3ccc(C)cc3)c2=O)c1. The van der Waals surface area contributed by atoms with Crippen LogP contribution in [0.1, 0.15) is 28.4 Å². The molecule has 0 bridgehead atoms. The number of aryl methyl sites for hydroxylation is 1. The van der Waals surface area contributed by atoms with E-state index < -0.39 is 11.5 Å². The predicted molar refractivity (Wildman–Crippen MR) is 115 cm³/mol. The fourth-order valence-corrected chi connectivity index (χ4v) is 3.14. The van der Waals surface area contributed by atoms with Gasteiger partial charge in [0.1, 0.15) is 12.9 Å². The van der Waals surface area contributed by atoms with Crippen molar-refractivity contribution in [1.29, 1.82) is 0 Å². The van der Waals surface area contributed by atoms with Gasteiger partial charge in [0.25, 0.3) is 5.56 Å². The van der Waals surface area contributed by atoms with Crippen molar-refractivity contribution in [3.05, 3.63) is 81.9 Å². The van der Waals surface area contributed by atoms with Crippen molar-refractivity contribution in [2.75, 3.05) is 5.32 Å². The highest BCUT2D eigenvalue weighted by molar-refractivity contribution is 5.97. The summed E-state index contributed by atoms with van der Waals surface area (Å²) in [5.41, 5.74) is 3.13. The third kappa shape index (κ3) is 4.40. The Kier molecular flexibility index (Phi) is 5.40. The van der Waals surface area contributed by atoms with Crippen molar-refractivity contribution in [2.45, 2.75) is 26.9 Å². The van der Waals surface area contributed by atoms with Crippen molar-refractivity contribution in [2.24, 2.45) is 0 Å². The van der Waals surface area contributed by atoms with E-state index in [1.165, 1.54) is 17.8 Å². The van der Waals surface area contributed by atoms with Crippen LogP contribution in [0.15, 0.2) is 59.7 Å². The van der Waals surface area contributed by atoms with E-state index in [0.29, 0.717) is 23.4 Å². The van der Waals surface area contributed by atoms with Crippen molar-refractivity contribution in [3.63, 3.8) is 0 Å². The lowest BCUT2D eigenvalue weighted by molar-refractivity contribution is -0.116. The number of anilines is 1. The lowest BCUT2D eigenvalue weighted by atomic mass is 10.1. The lowest BCUT2D eigenvalue weighted by Gasteiger charge is -2.08. The molecule has 2 heterocycles. The van der Waals surface area contributed by atoms with Gasteiger partial charge >= 0.3 is 0 Å². The van der Waals surface area contributed by atoms with E-state index in [0.717, 1.165) is 11.1 Å². The number of carbonyl (C=O) groups is 2. The number of aromatic nitrogens is 5. The summed E-state index contributed by atoms with van der Waals surface area (Å²) in [6.07, 6.45) is 1.31. The van der Waals surface area contributed by atoms with Crippen molar-refractivity contribution in [1.82, 2.24) is 24.5 Å². The summed E-state index contributed by atoms with van der Waals surface area (Å²) in [6.45, 7) is 3.65. The minimum absolute atomic E-state index is 0.0981. The van der Waals surface area contributed by atoms with Crippen LogP contribution in [-0.2, 0) is 17.9 Å². The number of hydrogen-bond acceptors (Lipinski definition) is 6. The van der Waals surface area contributed by atoms with E-state index in [1.807, 2.05) is 31.2 Å². The maximum Gasteiger partial charge on any atom is 0.283 e. The van der Waals surface area contributed by atoms with Crippen LogP contribution in [0.3, 0.4) is 0 Å². The molecule has 0 aliphatic rings. The fourth-order valence-electron chi connectivity index (χ4n) is 3.14. The number of fused-ring (bicyclic) bond motifs is 1. The first-order chi connectivity index (χ1) is 14.9. The number of carbonyl (C=O) groups excluding carboxylic acids is 2. The van der Waals surface area contributed by atoms with E-state index in [-0.39, 0.29) is 17.8 Å². The molecule has 9 nitrogen and oxygen atoms in total. The third-order valence-electron chi connectivity index (χ3n) is 4.81. The molecule has 0 spiro atoms. The Labute approximate surface area is 177 Å². The summed E-state index contributed by atoms with van der Waals surface area (Å²) in [5, 5.41) is 10.7. The van der Waals surface area contributed by atoms with Gasteiger partial charge in [-0.3, -0.25) is 19.0 Å². The summed E-state index contributed by atoms with van der Waals surface area (Å²) in [6, 6.07) is 14.6. The second-order valence-corrected chi connectivity index (χ2v) is 7.27. The molecule has 0 radical (unpaired) electrons. The minimum Gasteiger partial charge on any atom is -0.325 e. The molecule has 0 saturated carbocycles. The summed E-state index contributed by atoms with van der Waals surface area (Å²) in [5.74, 6) is -0.522. The van der Waals surface area contributed by atoms with Gasteiger partial charge < -0.3 is 5.32 Å². The van der Waals surface area contributed by atoms with Gasteiger partial charge in [0, 0.05) is 11.3 Å². The summed E-state index contributed by atoms with van der Waals surface area (Å²) in [7, 11) is 0. The van der Waals surface area contributed by atoms with Crippen LogP contribution in [0.4, 0.5) is 5.69 Å². The van der Waals surface area contributed by atoms with Crippen LogP contribution in [0.25, 0.3) is 11.2 Å². The third-order valence-corrected chi connectivity index (χ3v) is 4.81. The highest BCUT2D eigenvalue weighted by atomic mass is 16.2. The van der Waals surface area contributed by atoms with Crippen LogP contribution >= 0.6 is 0 Å². The standard InChI is InChI=1S/C22H20N6O3/c1-14-6-8-16(9-7-14)11-28-21-20(25-26-28)22(31)27(13-23-21)12-19(30)24-18-5-3-4-17(10-18)15(2)29/h3-10,13H,11-12H2,1-2H3,(H,24,30). The smallest absolute Gasteiger partial charge is 0.283 e. The Morgan fingerprint density at radius 1 is 1.10 bits per heavy atom. The van der Waals surface area contributed by atoms with Crippen LogP contribution in [0, 0.1) is 6.92 Å². The molecule has 0 unspecified atom stereocenters. The Morgan fingerprint density at radius 2 is 1.87 bits per heavy atom. The zero-order valence-electron chi connectivity index (χ0n) is 17.1. The normalized spacial score (nSPS) is 10.9. The first kappa shape index (κ1) is 20.1. The first-order valence-corrected chi connectivity index (χ1v) is 9.66. The Bertz CT molecular complexity index is 1340. The monoisotopic (exact) mass is 416 g/mol. The van der Waals surface area contributed by atoms with Crippen LogP contribution < -0.4 is 10.9 Å². The van der Waals surface area contributed by atoms with Crippen molar-refractivity contribution >= 4 is 28.5 Å². The minimum atomic E-state index is -0.451. The Morgan fingerprint density at radius 3 is 2.61 bits per heavy atom. The molecule has 4 rings (SSSR count). The van der Waals surface area contributed by atoms with Crippen LogP contribution in [0.2, 0.25) is 0 Å². The number of nitrogens with zero attached hydrogens (tertiary/aromatic N) is 5. The summed E-state index contributed by atoms with van der Waals surface area (Å²) in [4.78, 5) is 40.9. The van der Waals surface area contributed by atoms with E-state index in [1.54, 1.807) is 28.9 Å². The lowest BCUT2D eigenvalue weighted by Crippen LogP contribution is -2.28. The number of hydrogen-bond donors (Lipinski definition) is 1. The van der Waals surface area contributed by atoms with Gasteiger partial charge in [-0.1, -0.05) is 47.2 Å². The second kappa shape index (κ2) is 8.31. The maximum absolute atomic E-state index is 12.8. The Balaban J connectivity index is 1.52. The molecule has 1 N–H and O–H groups in total. The number of ketones is 1. The largest absolute Gasteiger partial charge is 0.325 e. The van der Waals surface area contributed by atoms with E-state index in [4.69, 9.17) is 0 Å². The predicted octanol–water partition coefficient (Wildman–Crippen LogP) is 2.19. The van der Waals surface area contributed by atoms with Gasteiger partial charge in [-0.15, -0.1) is 5.10 Å². The number of benzene rings is 2. The molecular formula is C22H20N6O3. The van der Waals surface area contributed by atoms with Gasteiger partial charge in [0.05, 0.1) is 6.54 Å². The van der Waals surface area contributed by atoms with Crippen molar-refractivity contribution in [3.8, 4) is 0 Å². The second-order valence-electron chi connectivity index (χ2n) is 7.27. The van der Waals surface area contributed by atoms with Gasteiger partial charge in [0.15, 0.2) is 16.9 Å². The molecular weight excluding hydrogens is 396 g/mol. The molecule has 0 saturated heterocycles. The molecule has 2 aromatic heterocycles. The highest BCUT2D eigenvalue weighted by Crippen LogP contribution is 2.12. The first-order valence-electron chi connectivity index (χ1n) is 9.66. The van der Waals surface area contributed by atoms with Gasteiger partial charge in [-0.05, 0) is 31.5 Å². The number of nitrogens with one attached hydrogen (secondary N) is 1. The van der Waals surface area contributed by atoms with E-state index in [9.17, 15) is 14.4 Å². The molecule has 4 aromatic rings. The highest BCUT2D eigenvalue weighted by Gasteiger charge is 2.14.